The third-order valence-corrected chi connectivity index (χ3v) is 5.14. The number of nitrogens with zero attached hydrogens (tertiary/aromatic N) is 4. The molecule has 2 aromatic heterocycles. The van der Waals surface area contributed by atoms with Gasteiger partial charge in [0.15, 0.2) is 0 Å². The van der Waals surface area contributed by atoms with E-state index in [0.29, 0.717) is 5.56 Å². The van der Waals surface area contributed by atoms with E-state index in [1.807, 2.05) is 18.2 Å². The van der Waals surface area contributed by atoms with E-state index in [1.165, 1.54) is 22.0 Å². The van der Waals surface area contributed by atoms with Crippen molar-refractivity contribution in [1.29, 1.82) is 0 Å². The Labute approximate surface area is 155 Å². The number of fused-ring (bicyclic) bond motifs is 3. The number of tetrazole rings is 1. The van der Waals surface area contributed by atoms with Crippen LogP contribution in [0.2, 0.25) is 0 Å². The van der Waals surface area contributed by atoms with Gasteiger partial charge in [-0.3, -0.25) is 4.79 Å². The van der Waals surface area contributed by atoms with Gasteiger partial charge in [-0.05, 0) is 59.5 Å². The summed E-state index contributed by atoms with van der Waals surface area (Å²) in [6, 6.07) is 15.6. The summed E-state index contributed by atoms with van der Waals surface area (Å²) >= 11 is 0. The summed E-state index contributed by atoms with van der Waals surface area (Å²) in [6.45, 7) is 0. The molecule has 0 unspecified atom stereocenters. The minimum Gasteiger partial charge on any atom is -0.356 e. The van der Waals surface area contributed by atoms with Crippen LogP contribution in [0.15, 0.2) is 54.9 Å². The van der Waals surface area contributed by atoms with Crippen LogP contribution in [0.1, 0.15) is 40.5 Å². The molecule has 1 aliphatic rings. The normalized spacial score (nSPS) is 16.2. The topological polar surface area (TPSA) is 88.5 Å². The number of rotatable bonds is 3. The highest BCUT2D eigenvalue weighted by Gasteiger charge is 2.25. The van der Waals surface area contributed by atoms with E-state index in [1.54, 1.807) is 12.1 Å². The molecular formula is C20H18N6O. The fourth-order valence-corrected chi connectivity index (χ4v) is 3.87. The van der Waals surface area contributed by atoms with E-state index < -0.39 is 0 Å². The zero-order valence-corrected chi connectivity index (χ0v) is 14.6. The van der Waals surface area contributed by atoms with Gasteiger partial charge < -0.3 is 10.3 Å². The monoisotopic (exact) mass is 358 g/mol. The van der Waals surface area contributed by atoms with Crippen molar-refractivity contribution in [2.24, 2.45) is 0 Å². The molecule has 0 bridgehead atoms. The van der Waals surface area contributed by atoms with Gasteiger partial charge in [0.05, 0.1) is 11.7 Å². The Bertz CT molecular complexity index is 1110. The van der Waals surface area contributed by atoms with Crippen molar-refractivity contribution >= 4 is 16.8 Å². The number of aryl methyl sites for hydroxylation is 1. The molecule has 1 atom stereocenters. The molecule has 0 aliphatic heterocycles. The fraction of sp³-hybridized carbons (Fsp3) is 0.200. The van der Waals surface area contributed by atoms with Crippen molar-refractivity contribution < 1.29 is 4.79 Å². The molecule has 0 fully saturated rings. The third-order valence-electron chi connectivity index (χ3n) is 5.14. The van der Waals surface area contributed by atoms with Gasteiger partial charge >= 0.3 is 0 Å². The quantitative estimate of drug-likeness (QED) is 0.589. The summed E-state index contributed by atoms with van der Waals surface area (Å²) in [5.74, 6) is -0.0959. The molecule has 134 valence electrons. The molecule has 0 saturated carbocycles. The lowest BCUT2D eigenvalue weighted by molar-refractivity contribution is 0.0932. The van der Waals surface area contributed by atoms with E-state index in [4.69, 9.17) is 0 Å². The van der Waals surface area contributed by atoms with Gasteiger partial charge in [-0.25, -0.2) is 4.68 Å². The second kappa shape index (κ2) is 6.35. The van der Waals surface area contributed by atoms with Crippen LogP contribution in [0.4, 0.5) is 0 Å². The molecule has 2 N–H and O–H groups in total. The number of carbonyl (C=O) groups excluding carboxylic acids is 1. The van der Waals surface area contributed by atoms with E-state index >= 15 is 0 Å². The van der Waals surface area contributed by atoms with Gasteiger partial charge in [-0.15, -0.1) is 5.10 Å². The maximum atomic E-state index is 12.9. The number of aromatic amines is 1. The number of hydrogen-bond donors (Lipinski definition) is 2. The zero-order valence-electron chi connectivity index (χ0n) is 14.6. The van der Waals surface area contributed by atoms with E-state index in [0.717, 1.165) is 36.2 Å². The Balaban J connectivity index is 1.43. The predicted molar refractivity (Wildman–Crippen MR) is 101 cm³/mol. The maximum absolute atomic E-state index is 12.9. The molecule has 0 spiro atoms. The first-order chi connectivity index (χ1) is 13.3. The summed E-state index contributed by atoms with van der Waals surface area (Å²) in [6.07, 6.45) is 4.54. The number of carbonyl (C=O) groups is 1. The van der Waals surface area contributed by atoms with Crippen molar-refractivity contribution in [2.75, 3.05) is 0 Å². The number of nitrogens with one attached hydrogen (secondary N) is 2. The van der Waals surface area contributed by atoms with Crippen molar-refractivity contribution in [3.63, 3.8) is 0 Å². The van der Waals surface area contributed by atoms with Gasteiger partial charge in [-0.1, -0.05) is 24.3 Å². The van der Waals surface area contributed by atoms with Gasteiger partial charge in [-0.2, -0.15) is 0 Å². The molecule has 27 heavy (non-hydrogen) atoms. The molecule has 2 aromatic carbocycles. The summed E-state index contributed by atoms with van der Waals surface area (Å²) in [7, 11) is 0. The number of benzene rings is 2. The third kappa shape index (κ3) is 2.77. The highest BCUT2D eigenvalue weighted by Crippen LogP contribution is 2.34. The highest BCUT2D eigenvalue weighted by molar-refractivity contribution is 5.95. The summed E-state index contributed by atoms with van der Waals surface area (Å²) in [5, 5.41) is 15.6. The SMILES string of the molecule is O=C(N[C@H]1CCCc2c1[nH]c1ccccc21)c1cccc(-n2cnnn2)c1. The molecule has 1 aliphatic carbocycles. The first-order valence-electron chi connectivity index (χ1n) is 9.03. The Morgan fingerprint density at radius 1 is 1.19 bits per heavy atom. The Hall–Kier alpha value is -3.48. The van der Waals surface area contributed by atoms with Crippen LogP contribution < -0.4 is 5.32 Å². The first kappa shape index (κ1) is 15.7. The minimum atomic E-state index is -0.0959. The van der Waals surface area contributed by atoms with Crippen molar-refractivity contribution in [3.05, 3.63) is 71.7 Å². The van der Waals surface area contributed by atoms with E-state index in [2.05, 4.69) is 44.0 Å². The number of H-pyrrole nitrogens is 1. The maximum Gasteiger partial charge on any atom is 0.251 e. The van der Waals surface area contributed by atoms with E-state index in [-0.39, 0.29) is 11.9 Å². The molecule has 2 heterocycles. The zero-order chi connectivity index (χ0) is 18.2. The first-order valence-corrected chi connectivity index (χ1v) is 9.03. The Kier molecular flexibility index (Phi) is 3.71. The number of para-hydroxylation sites is 1. The van der Waals surface area contributed by atoms with Gasteiger partial charge in [0, 0.05) is 22.2 Å². The highest BCUT2D eigenvalue weighted by atomic mass is 16.1. The lowest BCUT2D eigenvalue weighted by atomic mass is 9.91. The Morgan fingerprint density at radius 2 is 2.11 bits per heavy atom. The van der Waals surface area contributed by atoms with Gasteiger partial charge in [0.25, 0.3) is 5.91 Å². The summed E-state index contributed by atoms with van der Waals surface area (Å²) < 4.78 is 1.53. The molecule has 0 radical (unpaired) electrons. The molecule has 7 heteroatoms. The average molecular weight is 358 g/mol. The summed E-state index contributed by atoms with van der Waals surface area (Å²) in [4.78, 5) is 16.4. The number of amides is 1. The van der Waals surface area contributed by atoms with Crippen LogP contribution in [0.25, 0.3) is 16.6 Å². The van der Waals surface area contributed by atoms with Gasteiger partial charge in [0.2, 0.25) is 0 Å². The Morgan fingerprint density at radius 3 is 3.00 bits per heavy atom. The minimum absolute atomic E-state index is 0.00894. The van der Waals surface area contributed by atoms with Crippen molar-refractivity contribution in [1.82, 2.24) is 30.5 Å². The number of aromatic nitrogens is 5. The molecule has 1 amide bonds. The van der Waals surface area contributed by atoms with Crippen LogP contribution in [0, 0.1) is 0 Å². The van der Waals surface area contributed by atoms with E-state index in [9.17, 15) is 4.79 Å². The van der Waals surface area contributed by atoms with Crippen LogP contribution in [0.3, 0.4) is 0 Å². The summed E-state index contributed by atoms with van der Waals surface area (Å²) in [5.41, 5.74) is 4.93. The second-order valence-electron chi connectivity index (χ2n) is 6.79. The fourth-order valence-electron chi connectivity index (χ4n) is 3.87. The van der Waals surface area contributed by atoms with Crippen molar-refractivity contribution in [3.8, 4) is 5.69 Å². The molecular weight excluding hydrogens is 340 g/mol. The van der Waals surface area contributed by atoms with Crippen LogP contribution in [-0.4, -0.2) is 31.1 Å². The average Bonchev–Trinajstić information content (AvgIpc) is 3.37. The number of hydrogen-bond acceptors (Lipinski definition) is 4. The van der Waals surface area contributed by atoms with Crippen LogP contribution in [-0.2, 0) is 6.42 Å². The smallest absolute Gasteiger partial charge is 0.251 e. The largest absolute Gasteiger partial charge is 0.356 e. The van der Waals surface area contributed by atoms with Crippen LogP contribution in [0.5, 0.6) is 0 Å². The molecule has 7 nitrogen and oxygen atoms in total. The molecule has 5 rings (SSSR count). The second-order valence-corrected chi connectivity index (χ2v) is 6.79. The van der Waals surface area contributed by atoms with Crippen molar-refractivity contribution in [2.45, 2.75) is 25.3 Å². The lowest BCUT2D eigenvalue weighted by Gasteiger charge is -2.24. The predicted octanol–water partition coefficient (Wildman–Crippen LogP) is 2.95. The van der Waals surface area contributed by atoms with Gasteiger partial charge in [0.1, 0.15) is 6.33 Å². The molecule has 4 aromatic rings. The van der Waals surface area contributed by atoms with Crippen LogP contribution >= 0.6 is 0 Å². The lowest BCUT2D eigenvalue weighted by Crippen LogP contribution is -2.31. The molecule has 0 saturated heterocycles. The standard InChI is InChI=1S/C20H18N6O/c27-20(13-5-3-6-14(11-13)26-12-21-24-25-26)23-18-10-4-8-16-15-7-1-2-9-17(15)22-19(16)18/h1-3,5-7,9,11-12,18,22H,4,8,10H2,(H,23,27)/t18-/m0/s1.